The number of rotatable bonds is 4. The van der Waals surface area contributed by atoms with Gasteiger partial charge in [-0.1, -0.05) is 13.0 Å². The molecule has 2 saturated heterocycles. The average Bonchev–Trinajstić information content (AvgIpc) is 2.91. The van der Waals surface area contributed by atoms with Gasteiger partial charge < -0.3 is 10.2 Å². The van der Waals surface area contributed by atoms with Crippen LogP contribution in [0.4, 0.5) is 10.1 Å². The second kappa shape index (κ2) is 6.32. The van der Waals surface area contributed by atoms with Crippen LogP contribution >= 0.6 is 0 Å². The molecule has 3 rings (SSSR count). The van der Waals surface area contributed by atoms with Crippen molar-refractivity contribution in [3.05, 3.63) is 29.6 Å². The van der Waals surface area contributed by atoms with E-state index in [0.29, 0.717) is 12.1 Å². The van der Waals surface area contributed by atoms with Crippen LogP contribution in [0.15, 0.2) is 18.2 Å². The standard InChI is InChI=1S/C17H26FN3/c1-3-19-10-14-6-7-17(16(18)9-14)21-12-15-5-4-8-20(15)11-13(21)2/h6-7,9,13,15,19H,3-5,8,10-12H2,1-2H3. The average molecular weight is 291 g/mol. The van der Waals surface area contributed by atoms with Crippen molar-refractivity contribution in [2.45, 2.75) is 45.3 Å². The largest absolute Gasteiger partial charge is 0.364 e. The first kappa shape index (κ1) is 14.8. The molecule has 1 aromatic rings. The van der Waals surface area contributed by atoms with Crippen molar-refractivity contribution in [2.75, 3.05) is 31.1 Å². The van der Waals surface area contributed by atoms with Crippen molar-refractivity contribution in [3.63, 3.8) is 0 Å². The molecule has 0 aliphatic carbocycles. The van der Waals surface area contributed by atoms with Gasteiger partial charge >= 0.3 is 0 Å². The molecule has 0 saturated carbocycles. The molecule has 2 atom stereocenters. The third kappa shape index (κ3) is 3.06. The maximum Gasteiger partial charge on any atom is 0.146 e. The Labute approximate surface area is 127 Å². The summed E-state index contributed by atoms with van der Waals surface area (Å²) in [6, 6.07) is 6.69. The van der Waals surface area contributed by atoms with Gasteiger partial charge in [-0.2, -0.15) is 0 Å². The Balaban J connectivity index is 1.76. The van der Waals surface area contributed by atoms with Gasteiger partial charge in [-0.05, 0) is 50.6 Å². The highest BCUT2D eigenvalue weighted by atomic mass is 19.1. The van der Waals surface area contributed by atoms with E-state index in [2.05, 4.69) is 35.0 Å². The van der Waals surface area contributed by atoms with E-state index in [1.54, 1.807) is 6.07 Å². The normalized spacial score (nSPS) is 26.1. The van der Waals surface area contributed by atoms with Gasteiger partial charge in [-0.3, -0.25) is 4.90 Å². The molecule has 4 heteroatoms. The molecular formula is C17H26FN3. The monoisotopic (exact) mass is 291 g/mol. The number of nitrogens with one attached hydrogen (secondary N) is 1. The van der Waals surface area contributed by atoms with Crippen LogP contribution in [0.5, 0.6) is 0 Å². The quantitative estimate of drug-likeness (QED) is 0.920. The van der Waals surface area contributed by atoms with Crippen molar-refractivity contribution in [1.29, 1.82) is 0 Å². The first-order valence-corrected chi connectivity index (χ1v) is 8.19. The zero-order chi connectivity index (χ0) is 14.8. The fourth-order valence-electron chi connectivity index (χ4n) is 3.69. The number of hydrogen-bond acceptors (Lipinski definition) is 3. The SMILES string of the molecule is CCNCc1ccc(N2CC3CCCN3CC2C)c(F)c1. The topological polar surface area (TPSA) is 18.5 Å². The lowest BCUT2D eigenvalue weighted by atomic mass is 10.1. The van der Waals surface area contributed by atoms with Crippen molar-refractivity contribution >= 4 is 5.69 Å². The van der Waals surface area contributed by atoms with Gasteiger partial charge in [0.25, 0.3) is 0 Å². The van der Waals surface area contributed by atoms with Crippen LogP contribution in [0.1, 0.15) is 32.3 Å². The second-order valence-electron chi connectivity index (χ2n) is 6.36. The summed E-state index contributed by atoms with van der Waals surface area (Å²) in [6.45, 7) is 9.15. The minimum atomic E-state index is -0.0799. The first-order chi connectivity index (χ1) is 10.2. The van der Waals surface area contributed by atoms with Crippen LogP contribution in [0, 0.1) is 5.82 Å². The summed E-state index contributed by atoms with van der Waals surface area (Å²) < 4.78 is 14.5. The highest BCUT2D eigenvalue weighted by Crippen LogP contribution is 2.30. The molecule has 2 fully saturated rings. The van der Waals surface area contributed by atoms with Gasteiger partial charge in [0.05, 0.1) is 5.69 Å². The second-order valence-corrected chi connectivity index (χ2v) is 6.36. The molecule has 1 N–H and O–H groups in total. The summed E-state index contributed by atoms with van der Waals surface area (Å²) in [7, 11) is 0. The molecule has 0 amide bonds. The van der Waals surface area contributed by atoms with Crippen LogP contribution in [0.2, 0.25) is 0 Å². The molecule has 21 heavy (non-hydrogen) atoms. The van der Waals surface area contributed by atoms with Gasteiger partial charge in [0.15, 0.2) is 0 Å². The van der Waals surface area contributed by atoms with Crippen LogP contribution < -0.4 is 10.2 Å². The Bertz CT molecular complexity index is 491. The van der Waals surface area contributed by atoms with Crippen LogP contribution in [0.25, 0.3) is 0 Å². The molecule has 0 spiro atoms. The highest BCUT2D eigenvalue weighted by molar-refractivity contribution is 5.51. The Kier molecular flexibility index (Phi) is 4.45. The summed E-state index contributed by atoms with van der Waals surface area (Å²) in [4.78, 5) is 4.83. The van der Waals surface area contributed by atoms with Gasteiger partial charge in [-0.15, -0.1) is 0 Å². The Morgan fingerprint density at radius 1 is 1.33 bits per heavy atom. The van der Waals surface area contributed by atoms with Crippen molar-refractivity contribution < 1.29 is 4.39 Å². The summed E-state index contributed by atoms with van der Waals surface area (Å²) in [5.41, 5.74) is 1.79. The summed E-state index contributed by atoms with van der Waals surface area (Å²) in [5.74, 6) is -0.0799. The van der Waals surface area contributed by atoms with Crippen molar-refractivity contribution in [2.24, 2.45) is 0 Å². The van der Waals surface area contributed by atoms with E-state index >= 15 is 0 Å². The van der Waals surface area contributed by atoms with Crippen LogP contribution in [-0.4, -0.2) is 43.2 Å². The van der Waals surface area contributed by atoms with E-state index in [1.165, 1.54) is 19.4 Å². The van der Waals surface area contributed by atoms with Gasteiger partial charge in [0.1, 0.15) is 5.82 Å². The third-order valence-corrected chi connectivity index (χ3v) is 4.84. The zero-order valence-electron chi connectivity index (χ0n) is 13.1. The number of nitrogens with zero attached hydrogens (tertiary/aromatic N) is 2. The molecule has 2 aliphatic rings. The predicted octanol–water partition coefficient (Wildman–Crippen LogP) is 2.61. The van der Waals surface area contributed by atoms with Crippen LogP contribution in [0.3, 0.4) is 0 Å². The molecule has 1 aromatic carbocycles. The summed E-state index contributed by atoms with van der Waals surface area (Å²) in [6.07, 6.45) is 2.54. The molecule has 2 unspecified atom stereocenters. The minimum Gasteiger partial charge on any atom is -0.364 e. The number of anilines is 1. The molecule has 116 valence electrons. The highest BCUT2D eigenvalue weighted by Gasteiger charge is 2.35. The van der Waals surface area contributed by atoms with Gasteiger partial charge in [0, 0.05) is 31.7 Å². The van der Waals surface area contributed by atoms with E-state index in [0.717, 1.165) is 37.4 Å². The Hall–Kier alpha value is -1.13. The van der Waals surface area contributed by atoms with Crippen molar-refractivity contribution in [3.8, 4) is 0 Å². The molecule has 0 bridgehead atoms. The molecule has 0 aromatic heterocycles. The number of halogens is 1. The minimum absolute atomic E-state index is 0.0799. The Morgan fingerprint density at radius 2 is 2.19 bits per heavy atom. The molecule has 3 nitrogen and oxygen atoms in total. The Morgan fingerprint density at radius 3 is 2.95 bits per heavy atom. The maximum atomic E-state index is 14.5. The lowest BCUT2D eigenvalue weighted by Crippen LogP contribution is -2.55. The van der Waals surface area contributed by atoms with Crippen LogP contribution in [-0.2, 0) is 6.54 Å². The molecule has 2 heterocycles. The predicted molar refractivity (Wildman–Crippen MR) is 85.2 cm³/mol. The smallest absolute Gasteiger partial charge is 0.146 e. The fraction of sp³-hybridized carbons (Fsp3) is 0.647. The first-order valence-electron chi connectivity index (χ1n) is 8.19. The lowest BCUT2D eigenvalue weighted by Gasteiger charge is -2.43. The molecule has 0 radical (unpaired) electrons. The van der Waals surface area contributed by atoms with Gasteiger partial charge in [0.2, 0.25) is 0 Å². The summed E-state index contributed by atoms with van der Waals surface area (Å²) in [5, 5.41) is 3.24. The zero-order valence-corrected chi connectivity index (χ0v) is 13.1. The fourth-order valence-corrected chi connectivity index (χ4v) is 3.69. The number of fused-ring (bicyclic) bond motifs is 1. The van der Waals surface area contributed by atoms with E-state index in [-0.39, 0.29) is 5.82 Å². The number of benzene rings is 1. The molecular weight excluding hydrogens is 265 g/mol. The van der Waals surface area contributed by atoms with Crippen molar-refractivity contribution in [1.82, 2.24) is 10.2 Å². The van der Waals surface area contributed by atoms with E-state index in [9.17, 15) is 4.39 Å². The van der Waals surface area contributed by atoms with Gasteiger partial charge in [-0.25, -0.2) is 4.39 Å². The lowest BCUT2D eigenvalue weighted by molar-refractivity contribution is 0.202. The van der Waals surface area contributed by atoms with E-state index in [1.807, 2.05) is 6.07 Å². The number of piperazine rings is 1. The summed E-state index contributed by atoms with van der Waals surface area (Å²) >= 11 is 0. The molecule has 2 aliphatic heterocycles. The van der Waals surface area contributed by atoms with E-state index in [4.69, 9.17) is 0 Å². The van der Waals surface area contributed by atoms with E-state index < -0.39 is 0 Å². The number of hydrogen-bond donors (Lipinski definition) is 1. The third-order valence-electron chi connectivity index (χ3n) is 4.84. The maximum absolute atomic E-state index is 14.5.